The molecule has 1 unspecified atom stereocenters. The minimum absolute atomic E-state index is 0.0261. The Morgan fingerprint density at radius 1 is 1.20 bits per heavy atom. The van der Waals surface area contributed by atoms with Crippen LogP contribution in [0, 0.1) is 0 Å². The summed E-state index contributed by atoms with van der Waals surface area (Å²) in [7, 11) is -4.86. The highest BCUT2D eigenvalue weighted by molar-refractivity contribution is 7.91. The molecule has 8 nitrogen and oxygen atoms in total. The Morgan fingerprint density at radius 2 is 1.90 bits per heavy atom. The molecule has 2 aliphatic rings. The highest BCUT2D eigenvalue weighted by atomic mass is 32.2. The molecule has 0 radical (unpaired) electrons. The van der Waals surface area contributed by atoms with Gasteiger partial charge in [-0.3, -0.25) is 4.79 Å². The molecule has 0 N–H and O–H groups in total. The van der Waals surface area contributed by atoms with Crippen molar-refractivity contribution in [2.45, 2.75) is 37.1 Å². The molecule has 2 saturated heterocycles. The van der Waals surface area contributed by atoms with Crippen LogP contribution in [0.1, 0.15) is 36.5 Å². The van der Waals surface area contributed by atoms with E-state index in [1.54, 1.807) is 17.0 Å². The van der Waals surface area contributed by atoms with Crippen molar-refractivity contribution in [3.63, 3.8) is 0 Å². The van der Waals surface area contributed by atoms with Gasteiger partial charge in [0.1, 0.15) is 0 Å². The van der Waals surface area contributed by atoms with Gasteiger partial charge in [0.05, 0.1) is 16.4 Å². The van der Waals surface area contributed by atoms with Crippen LogP contribution in [-0.4, -0.2) is 94.2 Å². The maximum absolute atomic E-state index is 13.3. The lowest BCUT2D eigenvalue weighted by Gasteiger charge is -2.32. The molecule has 2 fully saturated rings. The molecule has 2 heterocycles. The van der Waals surface area contributed by atoms with Gasteiger partial charge in [0.2, 0.25) is 10.0 Å². The van der Waals surface area contributed by atoms with Crippen molar-refractivity contribution in [3.05, 3.63) is 29.8 Å². The second kappa shape index (κ2) is 9.33. The highest BCUT2D eigenvalue weighted by Gasteiger charge is 2.35. The van der Waals surface area contributed by atoms with Crippen molar-refractivity contribution in [2.75, 3.05) is 51.3 Å². The quantitative estimate of drug-likeness (QED) is 0.607. The topological polar surface area (TPSA) is 95.1 Å². The number of carbonyl (C=O) groups excluding carboxylic acids is 1. The van der Waals surface area contributed by atoms with Crippen LogP contribution in [0.15, 0.2) is 29.2 Å². The van der Waals surface area contributed by atoms with Gasteiger partial charge in [-0.05, 0) is 38.1 Å². The van der Waals surface area contributed by atoms with E-state index in [0.717, 1.165) is 12.8 Å². The number of amides is 1. The molecule has 1 aromatic carbocycles. The monoisotopic (exact) mass is 457 g/mol. The summed E-state index contributed by atoms with van der Waals surface area (Å²) in [5, 5.41) is 0. The first-order chi connectivity index (χ1) is 14.1. The number of nitrogens with zero attached hydrogens (tertiary/aromatic N) is 3. The molecule has 2 aliphatic heterocycles. The fraction of sp³-hybridized carbons (Fsp3) is 0.650. The smallest absolute Gasteiger partial charge is 0.254 e. The second-order valence-corrected chi connectivity index (χ2v) is 12.3. The number of hydrogen-bond donors (Lipinski definition) is 0. The zero-order valence-electron chi connectivity index (χ0n) is 17.7. The van der Waals surface area contributed by atoms with Gasteiger partial charge in [-0.1, -0.05) is 19.4 Å². The number of sulfonamides is 1. The number of piperazine rings is 1. The molecular formula is C20H31N3O5S2. The molecule has 1 aromatic rings. The van der Waals surface area contributed by atoms with Crippen molar-refractivity contribution in [1.29, 1.82) is 0 Å². The van der Waals surface area contributed by atoms with Crippen LogP contribution in [-0.2, 0) is 19.9 Å². The second-order valence-electron chi connectivity index (χ2n) is 8.14. The van der Waals surface area contributed by atoms with Crippen LogP contribution in [0.3, 0.4) is 0 Å². The summed E-state index contributed by atoms with van der Waals surface area (Å²) in [6.45, 7) is 4.64. The van der Waals surface area contributed by atoms with E-state index in [-0.39, 0.29) is 33.9 Å². The van der Waals surface area contributed by atoms with Gasteiger partial charge in [-0.25, -0.2) is 16.8 Å². The summed E-state index contributed by atoms with van der Waals surface area (Å²) in [5.41, 5.74) is 0.283. The maximum atomic E-state index is 13.3. The standard InChI is InChI=1S/C20H31N3O5S2/c1-3-4-9-23(18-8-14-29(25,26)16-18)20(24)17-6-5-7-19(15-17)30(27,28)22-12-10-21(2)11-13-22/h5-7,15,18H,3-4,8-14,16H2,1-2H3. The average molecular weight is 458 g/mol. The van der Waals surface area contributed by atoms with E-state index in [2.05, 4.69) is 4.90 Å². The van der Waals surface area contributed by atoms with E-state index >= 15 is 0 Å². The molecule has 10 heteroatoms. The van der Waals surface area contributed by atoms with Crippen molar-refractivity contribution in [3.8, 4) is 0 Å². The lowest BCUT2D eigenvalue weighted by atomic mass is 10.1. The molecular weight excluding hydrogens is 426 g/mol. The van der Waals surface area contributed by atoms with Crippen LogP contribution in [0.4, 0.5) is 0 Å². The zero-order chi connectivity index (χ0) is 21.9. The third kappa shape index (κ3) is 5.22. The van der Waals surface area contributed by atoms with Crippen LogP contribution >= 0.6 is 0 Å². The van der Waals surface area contributed by atoms with Crippen LogP contribution in [0.25, 0.3) is 0 Å². The Morgan fingerprint density at radius 3 is 2.50 bits per heavy atom. The van der Waals surface area contributed by atoms with Crippen LogP contribution < -0.4 is 0 Å². The van der Waals surface area contributed by atoms with Gasteiger partial charge in [0.15, 0.2) is 9.84 Å². The molecule has 0 aliphatic carbocycles. The minimum atomic E-state index is -3.68. The van der Waals surface area contributed by atoms with E-state index in [4.69, 9.17) is 0 Å². The van der Waals surface area contributed by atoms with Crippen molar-refractivity contribution < 1.29 is 21.6 Å². The van der Waals surface area contributed by atoms with Crippen LogP contribution in [0.2, 0.25) is 0 Å². The molecule has 0 aromatic heterocycles. The fourth-order valence-corrected chi connectivity index (χ4v) is 7.13. The first-order valence-electron chi connectivity index (χ1n) is 10.4. The zero-order valence-corrected chi connectivity index (χ0v) is 19.3. The number of hydrogen-bond acceptors (Lipinski definition) is 6. The van der Waals surface area contributed by atoms with Gasteiger partial charge in [0, 0.05) is 44.3 Å². The van der Waals surface area contributed by atoms with Crippen LogP contribution in [0.5, 0.6) is 0 Å². The molecule has 0 bridgehead atoms. The molecule has 30 heavy (non-hydrogen) atoms. The minimum Gasteiger partial charge on any atom is -0.335 e. The Labute approximate surface area is 179 Å². The number of rotatable bonds is 7. The maximum Gasteiger partial charge on any atom is 0.254 e. The number of unbranched alkanes of at least 4 members (excludes halogenated alkanes) is 1. The van der Waals surface area contributed by atoms with Gasteiger partial charge in [0.25, 0.3) is 5.91 Å². The summed E-state index contributed by atoms with van der Waals surface area (Å²) >= 11 is 0. The summed E-state index contributed by atoms with van der Waals surface area (Å²) in [6.07, 6.45) is 2.07. The van der Waals surface area contributed by atoms with Gasteiger partial charge < -0.3 is 9.80 Å². The largest absolute Gasteiger partial charge is 0.335 e. The Balaban J connectivity index is 1.84. The number of benzene rings is 1. The van der Waals surface area contributed by atoms with E-state index in [1.165, 1.54) is 16.4 Å². The third-order valence-electron chi connectivity index (χ3n) is 5.84. The van der Waals surface area contributed by atoms with Crippen molar-refractivity contribution >= 4 is 25.8 Å². The summed E-state index contributed by atoms with van der Waals surface area (Å²) in [5.74, 6) is -0.242. The Hall–Kier alpha value is -1.49. The third-order valence-corrected chi connectivity index (χ3v) is 9.49. The SMILES string of the molecule is CCCCN(C(=O)c1cccc(S(=O)(=O)N2CCN(C)CC2)c1)C1CCS(=O)(=O)C1. The normalized spacial score (nSPS) is 22.8. The van der Waals surface area contributed by atoms with E-state index in [0.29, 0.717) is 39.1 Å². The molecule has 168 valence electrons. The lowest BCUT2D eigenvalue weighted by molar-refractivity contribution is 0.0694. The number of likely N-dealkylation sites (N-methyl/N-ethyl adjacent to an activating group) is 1. The average Bonchev–Trinajstić information content (AvgIpc) is 3.08. The van der Waals surface area contributed by atoms with E-state index in [1.807, 2.05) is 14.0 Å². The van der Waals surface area contributed by atoms with Crippen molar-refractivity contribution in [2.24, 2.45) is 0 Å². The van der Waals surface area contributed by atoms with Crippen molar-refractivity contribution in [1.82, 2.24) is 14.1 Å². The van der Waals surface area contributed by atoms with Gasteiger partial charge in [-0.15, -0.1) is 0 Å². The summed E-state index contributed by atoms with van der Waals surface area (Å²) in [6, 6.07) is 5.78. The van der Waals surface area contributed by atoms with E-state index < -0.39 is 19.9 Å². The fourth-order valence-electron chi connectivity index (χ4n) is 3.93. The molecule has 0 spiro atoms. The Bertz CT molecular complexity index is 970. The summed E-state index contributed by atoms with van der Waals surface area (Å²) < 4.78 is 51.4. The lowest BCUT2D eigenvalue weighted by Crippen LogP contribution is -2.47. The molecule has 1 atom stereocenters. The Kier molecular flexibility index (Phi) is 7.21. The first kappa shape index (κ1) is 23.2. The van der Waals surface area contributed by atoms with Gasteiger partial charge >= 0.3 is 0 Å². The van der Waals surface area contributed by atoms with Gasteiger partial charge in [-0.2, -0.15) is 4.31 Å². The predicted molar refractivity (Wildman–Crippen MR) is 116 cm³/mol. The molecule has 3 rings (SSSR count). The summed E-state index contributed by atoms with van der Waals surface area (Å²) in [4.78, 5) is 17.1. The molecule has 0 saturated carbocycles. The predicted octanol–water partition coefficient (Wildman–Crippen LogP) is 1.05. The first-order valence-corrected chi connectivity index (χ1v) is 13.7. The van der Waals surface area contributed by atoms with E-state index in [9.17, 15) is 21.6 Å². The number of carbonyl (C=O) groups is 1. The number of sulfone groups is 1. The highest BCUT2D eigenvalue weighted by Crippen LogP contribution is 2.23. The molecule has 1 amide bonds.